The van der Waals surface area contributed by atoms with E-state index in [1.54, 1.807) is 12.1 Å². The lowest BCUT2D eigenvalue weighted by atomic mass is 10.0. The number of carbonyl (C=O) groups is 1. The normalized spacial score (nSPS) is 17.7. The Morgan fingerprint density at radius 1 is 1.25 bits per heavy atom. The zero-order valence-electron chi connectivity index (χ0n) is 13.9. The van der Waals surface area contributed by atoms with Crippen molar-refractivity contribution in [3.05, 3.63) is 53.2 Å². The lowest BCUT2D eigenvalue weighted by Gasteiger charge is -2.33. The molecule has 1 aliphatic heterocycles. The molecule has 6 nitrogen and oxygen atoms in total. The molecule has 1 saturated heterocycles. The highest BCUT2D eigenvalue weighted by atomic mass is 16.1. The Bertz CT molecular complexity index is 684. The van der Waals surface area contributed by atoms with Gasteiger partial charge in [0.1, 0.15) is 0 Å². The maximum Gasteiger partial charge on any atom is 0.248 e. The number of nitrogens with zero attached hydrogens (tertiary/aromatic N) is 3. The van der Waals surface area contributed by atoms with Crippen LogP contribution in [-0.4, -0.2) is 35.2 Å². The quantitative estimate of drug-likeness (QED) is 0.873. The number of nitrogens with one attached hydrogen (secondary N) is 1. The van der Waals surface area contributed by atoms with Crippen LogP contribution in [0.3, 0.4) is 0 Å². The van der Waals surface area contributed by atoms with E-state index in [1.165, 1.54) is 0 Å². The lowest BCUT2D eigenvalue weighted by Crippen LogP contribution is -2.45. The molecule has 1 atom stereocenters. The third kappa shape index (κ3) is 4.08. The van der Waals surface area contributed by atoms with Gasteiger partial charge in [-0.2, -0.15) is 5.10 Å². The maximum absolute atomic E-state index is 11.1. The highest BCUT2D eigenvalue weighted by molar-refractivity contribution is 5.92. The van der Waals surface area contributed by atoms with Crippen LogP contribution in [0.25, 0.3) is 0 Å². The summed E-state index contributed by atoms with van der Waals surface area (Å²) >= 11 is 0. The van der Waals surface area contributed by atoms with Crippen LogP contribution in [0, 0.1) is 6.92 Å². The highest BCUT2D eigenvalue weighted by Crippen LogP contribution is 2.17. The Hall–Kier alpha value is -2.47. The zero-order chi connectivity index (χ0) is 16.9. The molecule has 0 saturated carbocycles. The first kappa shape index (κ1) is 16.4. The third-order valence-electron chi connectivity index (χ3n) is 4.36. The molecule has 24 heavy (non-hydrogen) atoms. The molecule has 1 aliphatic rings. The molecule has 0 unspecified atom stereocenters. The number of aromatic nitrogens is 2. The van der Waals surface area contributed by atoms with Crippen molar-refractivity contribution in [2.24, 2.45) is 5.73 Å². The molecule has 3 N–H and O–H groups in total. The molecule has 126 valence electrons. The van der Waals surface area contributed by atoms with Crippen molar-refractivity contribution in [1.29, 1.82) is 0 Å². The van der Waals surface area contributed by atoms with Crippen molar-refractivity contribution in [3.63, 3.8) is 0 Å². The number of amides is 1. The van der Waals surface area contributed by atoms with Gasteiger partial charge in [-0.1, -0.05) is 12.1 Å². The van der Waals surface area contributed by atoms with Crippen LogP contribution in [0.15, 0.2) is 36.4 Å². The number of benzene rings is 1. The number of aryl methyl sites for hydroxylation is 1. The SMILES string of the molecule is Cc1ccc(N2CCC[C@H](NCc3ccc(C(N)=O)cc3)C2)nn1. The number of primary amides is 1. The molecule has 2 aromatic rings. The largest absolute Gasteiger partial charge is 0.366 e. The smallest absolute Gasteiger partial charge is 0.248 e. The summed E-state index contributed by atoms with van der Waals surface area (Å²) in [6.07, 6.45) is 2.28. The third-order valence-corrected chi connectivity index (χ3v) is 4.36. The second-order valence-corrected chi connectivity index (χ2v) is 6.26. The van der Waals surface area contributed by atoms with Crippen LogP contribution < -0.4 is 16.0 Å². The van der Waals surface area contributed by atoms with Gasteiger partial charge in [0.25, 0.3) is 0 Å². The molecule has 1 fully saturated rings. The molecular formula is C18H23N5O. The maximum atomic E-state index is 11.1. The summed E-state index contributed by atoms with van der Waals surface area (Å²) in [6, 6.07) is 11.9. The van der Waals surface area contributed by atoms with Gasteiger partial charge in [-0.3, -0.25) is 4.79 Å². The molecule has 0 spiro atoms. The van der Waals surface area contributed by atoms with Gasteiger partial charge in [0.15, 0.2) is 5.82 Å². The van der Waals surface area contributed by atoms with Crippen molar-refractivity contribution in [3.8, 4) is 0 Å². The fourth-order valence-electron chi connectivity index (χ4n) is 2.96. The Kier molecular flexibility index (Phi) is 5.05. The number of anilines is 1. The van der Waals surface area contributed by atoms with Crippen LogP contribution in [0.2, 0.25) is 0 Å². The van der Waals surface area contributed by atoms with E-state index in [0.29, 0.717) is 11.6 Å². The Balaban J connectivity index is 1.55. The molecule has 6 heteroatoms. The first-order chi connectivity index (χ1) is 11.6. The summed E-state index contributed by atoms with van der Waals surface area (Å²) in [4.78, 5) is 13.4. The van der Waals surface area contributed by atoms with Crippen LogP contribution in [0.4, 0.5) is 5.82 Å². The molecule has 3 rings (SSSR count). The minimum absolute atomic E-state index is 0.392. The lowest BCUT2D eigenvalue weighted by molar-refractivity contribution is 0.100. The molecule has 0 aliphatic carbocycles. The second-order valence-electron chi connectivity index (χ2n) is 6.26. The summed E-state index contributed by atoms with van der Waals surface area (Å²) in [5.41, 5.74) is 7.89. The van der Waals surface area contributed by atoms with E-state index in [1.807, 2.05) is 31.2 Å². The van der Waals surface area contributed by atoms with E-state index >= 15 is 0 Å². The predicted octanol–water partition coefficient (Wildman–Crippen LogP) is 1.64. The molecule has 1 amide bonds. The number of piperidine rings is 1. The van der Waals surface area contributed by atoms with E-state index in [4.69, 9.17) is 5.73 Å². The number of nitrogens with two attached hydrogens (primary N) is 1. The molecule has 2 heterocycles. The number of hydrogen-bond acceptors (Lipinski definition) is 5. The fourth-order valence-corrected chi connectivity index (χ4v) is 2.96. The topological polar surface area (TPSA) is 84.1 Å². The first-order valence-electron chi connectivity index (χ1n) is 8.29. The zero-order valence-corrected chi connectivity index (χ0v) is 13.9. The number of hydrogen-bond donors (Lipinski definition) is 2. The van der Waals surface area contributed by atoms with Crippen molar-refractivity contribution in [2.75, 3.05) is 18.0 Å². The average molecular weight is 325 g/mol. The summed E-state index contributed by atoms with van der Waals surface area (Å²) in [5, 5.41) is 12.0. The average Bonchev–Trinajstić information content (AvgIpc) is 2.61. The van der Waals surface area contributed by atoms with E-state index < -0.39 is 5.91 Å². The van der Waals surface area contributed by atoms with Gasteiger partial charge >= 0.3 is 0 Å². The standard InChI is InChI=1S/C18H23N5O/c1-13-4-9-17(22-21-13)23-10-2-3-16(12-23)20-11-14-5-7-15(8-6-14)18(19)24/h4-9,16,20H,2-3,10-12H2,1H3,(H2,19,24)/t16-/m0/s1. The van der Waals surface area contributed by atoms with Crippen LogP contribution >= 0.6 is 0 Å². The molecule has 1 aromatic heterocycles. The monoisotopic (exact) mass is 325 g/mol. The van der Waals surface area contributed by atoms with Gasteiger partial charge in [0.2, 0.25) is 5.91 Å². The molecule has 1 aromatic carbocycles. The highest BCUT2D eigenvalue weighted by Gasteiger charge is 2.20. The summed E-state index contributed by atoms with van der Waals surface area (Å²) < 4.78 is 0. The Morgan fingerprint density at radius 3 is 2.71 bits per heavy atom. The minimum Gasteiger partial charge on any atom is -0.366 e. The Labute approximate surface area is 142 Å². The predicted molar refractivity (Wildman–Crippen MR) is 93.8 cm³/mol. The molecule has 0 radical (unpaired) electrons. The molecular weight excluding hydrogens is 302 g/mol. The van der Waals surface area contributed by atoms with Crippen LogP contribution in [0.5, 0.6) is 0 Å². The summed E-state index contributed by atoms with van der Waals surface area (Å²) in [6.45, 7) is 4.66. The number of carbonyl (C=O) groups excluding carboxylic acids is 1. The molecule has 0 bridgehead atoms. The van der Waals surface area contributed by atoms with Crippen molar-refractivity contribution in [2.45, 2.75) is 32.4 Å². The fraction of sp³-hybridized carbons (Fsp3) is 0.389. The Morgan fingerprint density at radius 2 is 2.04 bits per heavy atom. The van der Waals surface area contributed by atoms with Crippen molar-refractivity contribution < 1.29 is 4.79 Å². The van der Waals surface area contributed by atoms with Gasteiger partial charge in [0.05, 0.1) is 5.69 Å². The van der Waals surface area contributed by atoms with Gasteiger partial charge in [-0.25, -0.2) is 0 Å². The van der Waals surface area contributed by atoms with Gasteiger partial charge in [0, 0.05) is 31.2 Å². The summed E-state index contributed by atoms with van der Waals surface area (Å²) in [7, 11) is 0. The van der Waals surface area contributed by atoms with E-state index in [2.05, 4.69) is 20.4 Å². The van der Waals surface area contributed by atoms with E-state index in [-0.39, 0.29) is 0 Å². The number of rotatable bonds is 5. The van der Waals surface area contributed by atoms with Crippen LogP contribution in [0.1, 0.15) is 34.5 Å². The van der Waals surface area contributed by atoms with Gasteiger partial charge in [-0.15, -0.1) is 5.10 Å². The van der Waals surface area contributed by atoms with Crippen molar-refractivity contribution in [1.82, 2.24) is 15.5 Å². The van der Waals surface area contributed by atoms with Gasteiger partial charge < -0.3 is 16.0 Å². The van der Waals surface area contributed by atoms with Crippen LogP contribution in [-0.2, 0) is 6.54 Å². The first-order valence-corrected chi connectivity index (χ1v) is 8.29. The minimum atomic E-state index is -0.392. The summed E-state index contributed by atoms with van der Waals surface area (Å²) in [5.74, 6) is 0.551. The van der Waals surface area contributed by atoms with E-state index in [9.17, 15) is 4.79 Å². The van der Waals surface area contributed by atoms with Crippen molar-refractivity contribution >= 4 is 11.7 Å². The second kappa shape index (κ2) is 7.40. The van der Waals surface area contributed by atoms with Gasteiger partial charge in [-0.05, 0) is 49.6 Å². The van der Waals surface area contributed by atoms with E-state index in [0.717, 1.165) is 49.6 Å².